The zero-order chi connectivity index (χ0) is 26.6. The van der Waals surface area contributed by atoms with Crippen molar-refractivity contribution < 1.29 is 19.1 Å². The van der Waals surface area contributed by atoms with Gasteiger partial charge in [0.15, 0.2) is 0 Å². The summed E-state index contributed by atoms with van der Waals surface area (Å²) in [5.74, 6) is 0.590. The smallest absolute Gasteiger partial charge is 0.327 e. The normalized spacial score (nSPS) is 18.0. The fourth-order valence-electron chi connectivity index (χ4n) is 5.25. The molecule has 0 aliphatic carbocycles. The number of methoxy groups -OCH3 is 1. The Hall–Kier alpha value is -3.10. The second-order valence-electron chi connectivity index (χ2n) is 10.4. The van der Waals surface area contributed by atoms with Crippen molar-refractivity contribution in [2.24, 2.45) is 5.92 Å². The van der Waals surface area contributed by atoms with Crippen molar-refractivity contribution in [3.63, 3.8) is 0 Å². The van der Waals surface area contributed by atoms with Crippen LogP contribution in [0.3, 0.4) is 0 Å². The number of nitrogens with one attached hydrogen (secondary N) is 1. The minimum atomic E-state index is -0.787. The first kappa shape index (κ1) is 29.5. The Bertz CT molecular complexity index is 1100. The van der Waals surface area contributed by atoms with E-state index in [0.717, 1.165) is 42.9 Å². The quantitative estimate of drug-likeness (QED) is 0.479. The predicted molar refractivity (Wildman–Crippen MR) is 149 cm³/mol. The second-order valence-corrected chi connectivity index (χ2v) is 10.4. The molecule has 0 bridgehead atoms. The van der Waals surface area contributed by atoms with Crippen molar-refractivity contribution in [2.45, 2.75) is 51.2 Å². The summed E-state index contributed by atoms with van der Waals surface area (Å²) >= 11 is 0. The molecule has 1 N–H and O–H groups in total. The maximum Gasteiger partial charge on any atom is 0.327 e. The average Bonchev–Trinajstić information content (AvgIpc) is 3.08. The molecule has 2 saturated heterocycles. The van der Waals surface area contributed by atoms with E-state index in [4.69, 9.17) is 4.74 Å². The van der Waals surface area contributed by atoms with E-state index in [1.54, 1.807) is 19.1 Å². The van der Waals surface area contributed by atoms with Crippen LogP contribution in [0, 0.1) is 5.92 Å². The molecule has 0 radical (unpaired) electrons. The van der Waals surface area contributed by atoms with Gasteiger partial charge in [-0.15, -0.1) is 12.4 Å². The highest BCUT2D eigenvalue weighted by Crippen LogP contribution is 2.37. The van der Waals surface area contributed by atoms with E-state index < -0.39 is 5.54 Å². The van der Waals surface area contributed by atoms with Crippen molar-refractivity contribution in [2.75, 3.05) is 33.8 Å². The minimum Gasteiger partial charge on any atom is -0.497 e. The first-order valence-corrected chi connectivity index (χ1v) is 13.1. The Labute approximate surface area is 231 Å². The molecule has 2 aromatic carbocycles. The molecule has 4 amide bonds. The van der Waals surface area contributed by atoms with Gasteiger partial charge in [0, 0.05) is 32.6 Å². The number of benzene rings is 2. The highest BCUT2D eigenvalue weighted by Gasteiger charge is 2.56. The van der Waals surface area contributed by atoms with E-state index in [-0.39, 0.29) is 48.8 Å². The lowest BCUT2D eigenvalue weighted by molar-refractivity contribution is -0.135. The lowest BCUT2D eigenvalue weighted by Crippen LogP contribution is -2.55. The Morgan fingerprint density at radius 2 is 1.66 bits per heavy atom. The molecule has 0 saturated carbocycles. The number of urea groups is 1. The number of ether oxygens (including phenoxy) is 1. The molecule has 1 atom stereocenters. The second kappa shape index (κ2) is 12.6. The number of rotatable bonds is 9. The molecule has 8 nitrogen and oxygen atoms in total. The first-order chi connectivity index (χ1) is 17.7. The third-order valence-electron chi connectivity index (χ3n) is 7.76. The third kappa shape index (κ3) is 6.13. The standard InChI is InChI=1S/C29H38N4O4.ClH/c1-21(2)26(34)30-25(23-8-6-5-7-9-23)14-17-32-18-15-29(16-19-32)27(35)33(28(36)31(29)3)20-22-10-12-24(37-4)13-11-22;/h5-13,21,25H,14-20H2,1-4H3,(H,30,34);1H/t25-;/m0./s1. The fourth-order valence-corrected chi connectivity index (χ4v) is 5.25. The zero-order valence-electron chi connectivity index (χ0n) is 22.7. The van der Waals surface area contributed by atoms with Crippen LogP contribution in [-0.2, 0) is 16.1 Å². The molecule has 38 heavy (non-hydrogen) atoms. The van der Waals surface area contributed by atoms with Crippen molar-refractivity contribution in [1.82, 2.24) is 20.0 Å². The van der Waals surface area contributed by atoms with E-state index in [2.05, 4.69) is 10.2 Å². The number of carbonyl (C=O) groups excluding carboxylic acids is 3. The van der Waals surface area contributed by atoms with E-state index in [9.17, 15) is 14.4 Å². The lowest BCUT2D eigenvalue weighted by Gasteiger charge is -2.41. The molecule has 0 unspecified atom stereocenters. The van der Waals surface area contributed by atoms with E-state index >= 15 is 0 Å². The predicted octanol–water partition coefficient (Wildman–Crippen LogP) is 4.25. The first-order valence-electron chi connectivity index (χ1n) is 13.1. The van der Waals surface area contributed by atoms with Gasteiger partial charge in [0.1, 0.15) is 11.3 Å². The maximum atomic E-state index is 13.5. The molecule has 1 spiro atoms. The van der Waals surface area contributed by atoms with Gasteiger partial charge in [-0.25, -0.2) is 4.79 Å². The lowest BCUT2D eigenvalue weighted by atomic mass is 9.86. The van der Waals surface area contributed by atoms with Crippen LogP contribution in [-0.4, -0.2) is 71.9 Å². The van der Waals surface area contributed by atoms with Crippen molar-refractivity contribution in [3.8, 4) is 5.75 Å². The number of piperidine rings is 1. The molecule has 206 valence electrons. The van der Waals surface area contributed by atoms with Crippen molar-refractivity contribution >= 4 is 30.3 Å². The summed E-state index contributed by atoms with van der Waals surface area (Å²) in [7, 11) is 3.36. The van der Waals surface area contributed by atoms with Crippen LogP contribution in [0.25, 0.3) is 0 Å². The summed E-state index contributed by atoms with van der Waals surface area (Å²) in [4.78, 5) is 44.4. The van der Waals surface area contributed by atoms with Crippen LogP contribution in [0.15, 0.2) is 54.6 Å². The number of carbonyl (C=O) groups is 3. The summed E-state index contributed by atoms with van der Waals surface area (Å²) in [6, 6.07) is 17.2. The largest absolute Gasteiger partial charge is 0.497 e. The van der Waals surface area contributed by atoms with Gasteiger partial charge < -0.3 is 19.9 Å². The van der Waals surface area contributed by atoms with Crippen LogP contribution < -0.4 is 10.1 Å². The number of halogens is 1. The molecule has 2 aromatic rings. The van der Waals surface area contributed by atoms with Crippen LogP contribution in [0.2, 0.25) is 0 Å². The number of hydrogen-bond donors (Lipinski definition) is 1. The number of nitrogens with zero attached hydrogens (tertiary/aromatic N) is 3. The topological polar surface area (TPSA) is 82.2 Å². The molecular formula is C29H39ClN4O4. The van der Waals surface area contributed by atoms with Gasteiger partial charge in [0.25, 0.3) is 5.91 Å². The van der Waals surface area contributed by atoms with Gasteiger partial charge in [0.05, 0.1) is 19.7 Å². The van der Waals surface area contributed by atoms with Crippen LogP contribution >= 0.6 is 12.4 Å². The molecule has 2 aliphatic rings. The zero-order valence-corrected chi connectivity index (χ0v) is 23.5. The van der Waals surface area contributed by atoms with E-state index in [0.29, 0.717) is 12.8 Å². The summed E-state index contributed by atoms with van der Waals surface area (Å²) < 4.78 is 5.21. The number of amides is 4. The molecule has 2 fully saturated rings. The Morgan fingerprint density at radius 3 is 2.24 bits per heavy atom. The maximum absolute atomic E-state index is 13.5. The summed E-state index contributed by atoms with van der Waals surface area (Å²) in [6.45, 7) is 6.30. The number of imide groups is 1. The highest BCUT2D eigenvalue weighted by molar-refractivity contribution is 6.06. The van der Waals surface area contributed by atoms with Crippen molar-refractivity contribution in [1.29, 1.82) is 0 Å². The average molecular weight is 543 g/mol. The van der Waals surface area contributed by atoms with Gasteiger partial charge in [-0.3, -0.25) is 14.5 Å². The van der Waals surface area contributed by atoms with Crippen LogP contribution in [0.5, 0.6) is 5.75 Å². The molecule has 0 aromatic heterocycles. The molecule has 9 heteroatoms. The summed E-state index contributed by atoms with van der Waals surface area (Å²) in [5, 5.41) is 3.19. The number of likely N-dealkylation sites (tertiary alicyclic amines) is 1. The fraction of sp³-hybridized carbons (Fsp3) is 0.483. The Balaban J connectivity index is 0.00000400. The number of likely N-dealkylation sites (N-methyl/N-ethyl adjacent to an activating group) is 1. The number of hydrogen-bond acceptors (Lipinski definition) is 5. The third-order valence-corrected chi connectivity index (χ3v) is 7.76. The van der Waals surface area contributed by atoms with Gasteiger partial charge in [-0.05, 0) is 42.5 Å². The molecule has 2 heterocycles. The van der Waals surface area contributed by atoms with Gasteiger partial charge >= 0.3 is 6.03 Å². The Kier molecular flexibility index (Phi) is 9.79. The van der Waals surface area contributed by atoms with Crippen LogP contribution in [0.4, 0.5) is 4.79 Å². The molecule has 4 rings (SSSR count). The van der Waals surface area contributed by atoms with Gasteiger partial charge in [-0.1, -0.05) is 56.3 Å². The van der Waals surface area contributed by atoms with Gasteiger partial charge in [-0.2, -0.15) is 0 Å². The Morgan fingerprint density at radius 1 is 1.03 bits per heavy atom. The molecular weight excluding hydrogens is 504 g/mol. The minimum absolute atomic E-state index is 0. The van der Waals surface area contributed by atoms with Gasteiger partial charge in [0.2, 0.25) is 5.91 Å². The van der Waals surface area contributed by atoms with Crippen LogP contribution in [0.1, 0.15) is 50.3 Å². The summed E-state index contributed by atoms with van der Waals surface area (Å²) in [5.41, 5.74) is 1.20. The van der Waals surface area contributed by atoms with E-state index in [1.165, 1.54) is 4.90 Å². The monoisotopic (exact) mass is 542 g/mol. The summed E-state index contributed by atoms with van der Waals surface area (Å²) in [6.07, 6.45) is 1.98. The molecule has 2 aliphatic heterocycles. The highest BCUT2D eigenvalue weighted by atomic mass is 35.5. The SMILES string of the molecule is COc1ccc(CN2C(=O)N(C)C3(CCN(CC[C@H](NC(=O)C(C)C)c4ccccc4)CC3)C2=O)cc1.Cl. The van der Waals surface area contributed by atoms with E-state index in [1.807, 2.05) is 68.4 Å². The van der Waals surface area contributed by atoms with Crippen molar-refractivity contribution in [3.05, 3.63) is 65.7 Å².